The molecule has 3 nitrogen and oxygen atoms in total. The first kappa shape index (κ1) is 21.0. The van der Waals surface area contributed by atoms with E-state index >= 15 is 0 Å². The van der Waals surface area contributed by atoms with Crippen LogP contribution in [0.5, 0.6) is 0 Å². The lowest BCUT2D eigenvalue weighted by molar-refractivity contribution is -0.137. The van der Waals surface area contributed by atoms with Gasteiger partial charge in [0.2, 0.25) is 0 Å². The van der Waals surface area contributed by atoms with E-state index in [1.54, 1.807) is 12.1 Å². The average molecular weight is 421 g/mol. The van der Waals surface area contributed by atoms with Gasteiger partial charge in [0.05, 0.1) is 12.2 Å². The van der Waals surface area contributed by atoms with Crippen molar-refractivity contribution >= 4 is 0 Å². The Morgan fingerprint density at radius 3 is 2.43 bits per heavy atom. The second kappa shape index (κ2) is 7.80. The van der Waals surface area contributed by atoms with Crippen molar-refractivity contribution in [1.29, 1.82) is 0 Å². The molecule has 0 saturated carbocycles. The quantitative estimate of drug-likeness (QED) is 0.575. The Labute approximate surface area is 172 Å². The van der Waals surface area contributed by atoms with E-state index in [0.717, 1.165) is 17.7 Å². The third-order valence-corrected chi connectivity index (χ3v) is 6.21. The molecule has 2 aliphatic rings. The van der Waals surface area contributed by atoms with E-state index in [0.29, 0.717) is 37.2 Å². The molecular formula is C23H23F4NO2. The predicted octanol–water partition coefficient (Wildman–Crippen LogP) is 4.19. The Morgan fingerprint density at radius 2 is 1.83 bits per heavy atom. The first-order valence-corrected chi connectivity index (χ1v) is 9.94. The summed E-state index contributed by atoms with van der Waals surface area (Å²) in [6.07, 6.45) is -1.94. The molecule has 1 heterocycles. The molecule has 2 N–H and O–H groups in total. The summed E-state index contributed by atoms with van der Waals surface area (Å²) >= 11 is 0. The molecule has 0 aromatic heterocycles. The fourth-order valence-corrected chi connectivity index (χ4v) is 4.64. The fourth-order valence-electron chi connectivity index (χ4n) is 4.64. The molecule has 1 aliphatic carbocycles. The van der Waals surface area contributed by atoms with E-state index in [1.165, 1.54) is 18.2 Å². The maximum absolute atomic E-state index is 13.4. The largest absolute Gasteiger partial charge is 0.416 e. The lowest BCUT2D eigenvalue weighted by atomic mass is 9.82. The van der Waals surface area contributed by atoms with E-state index in [9.17, 15) is 22.7 Å². The number of alkyl halides is 3. The van der Waals surface area contributed by atoms with Gasteiger partial charge in [-0.05, 0) is 59.4 Å². The zero-order valence-corrected chi connectivity index (χ0v) is 16.3. The number of hydrogen-bond acceptors (Lipinski definition) is 3. The van der Waals surface area contributed by atoms with Crippen LogP contribution in [0.25, 0.3) is 0 Å². The molecule has 0 fully saturated rings. The Bertz CT molecular complexity index is 955. The van der Waals surface area contributed by atoms with Crippen LogP contribution in [0.4, 0.5) is 17.6 Å². The molecule has 0 bridgehead atoms. The molecule has 2 unspecified atom stereocenters. The first-order valence-electron chi connectivity index (χ1n) is 9.94. The zero-order valence-electron chi connectivity index (χ0n) is 16.3. The van der Waals surface area contributed by atoms with E-state index in [-0.39, 0.29) is 24.5 Å². The standard InChI is InChI=1S/C23H23F4NO2/c24-18-4-1-15(2-5-18)20-14-22(30,16-7-9-28(10-8-16)11-12-29)21-13-17(23(25,26)27)3-6-19(20)21/h1-7,13,20,29-30H,8-12,14H2. The van der Waals surface area contributed by atoms with Gasteiger partial charge in [0.25, 0.3) is 0 Å². The SMILES string of the molecule is OCCN1CC=C(C2(O)CC(c3ccc(F)cc3)c3ccc(C(F)(F)F)cc32)CC1. The van der Waals surface area contributed by atoms with Gasteiger partial charge in [0, 0.05) is 25.6 Å². The number of aliphatic hydroxyl groups excluding tert-OH is 1. The molecular weight excluding hydrogens is 398 g/mol. The minimum atomic E-state index is -4.51. The van der Waals surface area contributed by atoms with Crippen LogP contribution in [0.2, 0.25) is 0 Å². The third kappa shape index (κ3) is 3.77. The van der Waals surface area contributed by atoms with Crippen LogP contribution in [-0.2, 0) is 11.8 Å². The summed E-state index contributed by atoms with van der Waals surface area (Å²) in [6, 6.07) is 9.41. The number of fused-ring (bicyclic) bond motifs is 1. The molecule has 0 amide bonds. The molecule has 160 valence electrons. The molecule has 2 aromatic rings. The normalized spacial score (nSPS) is 24.6. The van der Waals surface area contributed by atoms with Gasteiger partial charge in [0.15, 0.2) is 0 Å². The van der Waals surface area contributed by atoms with Gasteiger partial charge in [-0.3, -0.25) is 4.90 Å². The fraction of sp³-hybridized carbons (Fsp3) is 0.391. The second-order valence-electron chi connectivity index (χ2n) is 7.97. The van der Waals surface area contributed by atoms with Gasteiger partial charge in [0.1, 0.15) is 11.4 Å². The second-order valence-corrected chi connectivity index (χ2v) is 7.97. The summed E-state index contributed by atoms with van der Waals surface area (Å²) in [4.78, 5) is 2.02. The van der Waals surface area contributed by atoms with Gasteiger partial charge < -0.3 is 10.2 Å². The van der Waals surface area contributed by atoms with Gasteiger partial charge in [-0.15, -0.1) is 0 Å². The third-order valence-electron chi connectivity index (χ3n) is 6.21. The highest BCUT2D eigenvalue weighted by Crippen LogP contribution is 2.53. The molecule has 0 spiro atoms. The molecule has 1 aliphatic heterocycles. The van der Waals surface area contributed by atoms with Crippen molar-refractivity contribution in [2.75, 3.05) is 26.2 Å². The number of benzene rings is 2. The summed E-state index contributed by atoms with van der Waals surface area (Å²) in [5.41, 5.74) is 0.0524. The van der Waals surface area contributed by atoms with Crippen LogP contribution in [0, 0.1) is 5.82 Å². The molecule has 0 saturated heterocycles. The topological polar surface area (TPSA) is 43.7 Å². The molecule has 0 radical (unpaired) electrons. The smallest absolute Gasteiger partial charge is 0.395 e. The number of aliphatic hydroxyl groups is 2. The van der Waals surface area contributed by atoms with E-state index < -0.39 is 23.2 Å². The van der Waals surface area contributed by atoms with Crippen molar-refractivity contribution in [2.24, 2.45) is 0 Å². The van der Waals surface area contributed by atoms with Crippen LogP contribution in [0.3, 0.4) is 0 Å². The summed E-state index contributed by atoms with van der Waals surface area (Å²) < 4.78 is 53.5. The number of hydrogen-bond donors (Lipinski definition) is 2. The van der Waals surface area contributed by atoms with Crippen molar-refractivity contribution < 1.29 is 27.8 Å². The molecule has 2 atom stereocenters. The summed E-state index contributed by atoms with van der Waals surface area (Å²) in [7, 11) is 0. The monoisotopic (exact) mass is 421 g/mol. The summed E-state index contributed by atoms with van der Waals surface area (Å²) in [5.74, 6) is -0.720. The molecule has 2 aromatic carbocycles. The number of rotatable bonds is 4. The number of β-amino-alcohol motifs (C(OH)–C–C–N with tert-alkyl or cyclic N) is 1. The Hall–Kier alpha value is -2.22. The Kier molecular flexibility index (Phi) is 5.46. The van der Waals surface area contributed by atoms with Crippen molar-refractivity contribution in [3.05, 3.63) is 82.2 Å². The van der Waals surface area contributed by atoms with Crippen LogP contribution < -0.4 is 0 Å². The van der Waals surface area contributed by atoms with Crippen LogP contribution in [0.15, 0.2) is 54.1 Å². The molecule has 4 rings (SSSR count). The predicted molar refractivity (Wildman–Crippen MR) is 104 cm³/mol. The van der Waals surface area contributed by atoms with Crippen molar-refractivity contribution in [3.63, 3.8) is 0 Å². The highest BCUT2D eigenvalue weighted by Gasteiger charge is 2.47. The maximum Gasteiger partial charge on any atom is 0.416 e. The van der Waals surface area contributed by atoms with Gasteiger partial charge in [-0.1, -0.05) is 24.3 Å². The van der Waals surface area contributed by atoms with Gasteiger partial charge >= 0.3 is 6.18 Å². The lowest BCUT2D eigenvalue weighted by Crippen LogP contribution is -2.36. The highest BCUT2D eigenvalue weighted by molar-refractivity contribution is 5.52. The summed E-state index contributed by atoms with van der Waals surface area (Å²) in [5, 5.41) is 20.8. The Balaban J connectivity index is 1.78. The highest BCUT2D eigenvalue weighted by atomic mass is 19.4. The minimum Gasteiger partial charge on any atom is -0.395 e. The van der Waals surface area contributed by atoms with Gasteiger partial charge in [-0.2, -0.15) is 13.2 Å². The van der Waals surface area contributed by atoms with Crippen molar-refractivity contribution in [2.45, 2.75) is 30.5 Å². The van der Waals surface area contributed by atoms with Crippen molar-refractivity contribution in [1.82, 2.24) is 4.90 Å². The molecule has 30 heavy (non-hydrogen) atoms. The van der Waals surface area contributed by atoms with Gasteiger partial charge in [-0.25, -0.2) is 4.39 Å². The van der Waals surface area contributed by atoms with Crippen LogP contribution >= 0.6 is 0 Å². The van der Waals surface area contributed by atoms with Crippen LogP contribution in [0.1, 0.15) is 41.0 Å². The van der Waals surface area contributed by atoms with E-state index in [4.69, 9.17) is 5.11 Å². The first-order chi connectivity index (χ1) is 14.2. The zero-order chi connectivity index (χ0) is 21.5. The molecule has 7 heteroatoms. The van der Waals surface area contributed by atoms with E-state index in [1.807, 2.05) is 11.0 Å². The van der Waals surface area contributed by atoms with E-state index in [2.05, 4.69) is 0 Å². The number of halogens is 4. The maximum atomic E-state index is 13.4. The number of nitrogens with zero attached hydrogens (tertiary/aromatic N) is 1. The lowest BCUT2D eigenvalue weighted by Gasteiger charge is -2.34. The Morgan fingerprint density at radius 1 is 1.10 bits per heavy atom. The van der Waals surface area contributed by atoms with Crippen molar-refractivity contribution in [3.8, 4) is 0 Å². The minimum absolute atomic E-state index is 0.0257. The average Bonchev–Trinajstić information content (AvgIpc) is 3.02. The summed E-state index contributed by atoms with van der Waals surface area (Å²) in [6.45, 7) is 1.67. The van der Waals surface area contributed by atoms with Crippen LogP contribution in [-0.4, -0.2) is 41.4 Å².